The first kappa shape index (κ1) is 34.1. The maximum Gasteiger partial charge on any atom is 0.573 e. The van der Waals surface area contributed by atoms with E-state index in [0.29, 0.717) is 57.6 Å². The molecule has 3 fully saturated rings. The first-order valence-electron chi connectivity index (χ1n) is 15.2. The van der Waals surface area contributed by atoms with Crippen LogP contribution in [0.5, 0.6) is 5.75 Å². The number of carbonyl (C=O) groups is 1. The predicted octanol–water partition coefficient (Wildman–Crippen LogP) is 5.11. The number of rotatable bonds is 9. The third-order valence-electron chi connectivity index (χ3n) is 8.38. The zero-order chi connectivity index (χ0) is 32.9. The van der Waals surface area contributed by atoms with Gasteiger partial charge in [0.05, 0.1) is 24.9 Å². The van der Waals surface area contributed by atoms with E-state index in [9.17, 15) is 31.1 Å². The number of aromatic nitrogens is 2. The summed E-state index contributed by atoms with van der Waals surface area (Å²) < 4.78 is 99.6. The van der Waals surface area contributed by atoms with Crippen molar-refractivity contribution in [1.82, 2.24) is 20.2 Å². The van der Waals surface area contributed by atoms with Crippen LogP contribution in [0.1, 0.15) is 66.5 Å². The number of alkyl halides is 6. The minimum absolute atomic E-state index is 0.0701. The van der Waals surface area contributed by atoms with Crippen LogP contribution in [0.4, 0.5) is 32.2 Å². The van der Waals surface area contributed by atoms with Gasteiger partial charge in [-0.05, 0) is 56.2 Å². The number of methoxy groups -OCH3 is 1. The number of nitrogens with one attached hydrogen (secondary N) is 2. The molecule has 2 aromatic rings. The molecule has 10 nitrogen and oxygen atoms in total. The third kappa shape index (κ3) is 9.20. The second kappa shape index (κ2) is 14.7. The molecular formula is C30H37F6N5O5. The van der Waals surface area contributed by atoms with E-state index in [1.54, 1.807) is 7.11 Å². The van der Waals surface area contributed by atoms with Crippen molar-refractivity contribution in [3.05, 3.63) is 47.4 Å². The number of benzene rings is 1. The van der Waals surface area contributed by atoms with Gasteiger partial charge in [0.25, 0.3) is 5.91 Å². The molecule has 16 heteroatoms. The summed E-state index contributed by atoms with van der Waals surface area (Å²) in [4.78, 5) is 22.0. The van der Waals surface area contributed by atoms with Crippen molar-refractivity contribution in [2.75, 3.05) is 45.3 Å². The molecule has 4 atom stereocenters. The number of ether oxygens (including phenoxy) is 4. The fraction of sp³-hybridized carbons (Fsp3) is 0.633. The molecule has 0 aliphatic carbocycles. The highest BCUT2D eigenvalue weighted by Crippen LogP contribution is 2.33. The van der Waals surface area contributed by atoms with Crippen LogP contribution in [0.15, 0.2) is 30.3 Å². The van der Waals surface area contributed by atoms with E-state index in [0.717, 1.165) is 12.8 Å². The molecule has 0 saturated carbocycles. The minimum atomic E-state index is -4.88. The van der Waals surface area contributed by atoms with E-state index in [1.165, 1.54) is 35.2 Å². The summed E-state index contributed by atoms with van der Waals surface area (Å²) in [6.07, 6.45) is -6.59. The summed E-state index contributed by atoms with van der Waals surface area (Å²) in [5, 5.41) is 6.45. The van der Waals surface area contributed by atoms with Gasteiger partial charge in [-0.2, -0.15) is 13.2 Å². The molecule has 3 aliphatic heterocycles. The average molecular weight is 662 g/mol. The van der Waals surface area contributed by atoms with Crippen LogP contribution in [-0.2, 0) is 20.4 Å². The van der Waals surface area contributed by atoms with Gasteiger partial charge >= 0.3 is 12.5 Å². The lowest BCUT2D eigenvalue weighted by Gasteiger charge is -2.38. The zero-order valence-corrected chi connectivity index (χ0v) is 25.2. The van der Waals surface area contributed by atoms with Gasteiger partial charge in [-0.1, -0.05) is 12.1 Å². The van der Waals surface area contributed by atoms with E-state index >= 15 is 0 Å². The van der Waals surface area contributed by atoms with Crippen molar-refractivity contribution in [2.24, 2.45) is 0 Å². The van der Waals surface area contributed by atoms with Gasteiger partial charge in [-0.15, -0.1) is 13.2 Å². The summed E-state index contributed by atoms with van der Waals surface area (Å²) >= 11 is 0. The normalized spacial score (nSPS) is 24.9. The van der Waals surface area contributed by atoms with Crippen LogP contribution in [-0.4, -0.2) is 91.4 Å². The van der Waals surface area contributed by atoms with E-state index in [-0.39, 0.29) is 42.0 Å². The highest BCUT2D eigenvalue weighted by atomic mass is 19.4. The lowest BCUT2D eigenvalue weighted by atomic mass is 9.98. The summed E-state index contributed by atoms with van der Waals surface area (Å²) in [5.41, 5.74) is 0.294. The van der Waals surface area contributed by atoms with E-state index < -0.39 is 36.5 Å². The molecule has 0 unspecified atom stereocenters. The lowest BCUT2D eigenvalue weighted by molar-refractivity contribution is -0.274. The molecule has 0 radical (unpaired) electrons. The summed E-state index contributed by atoms with van der Waals surface area (Å²) in [5.74, 6) is -2.55. The number of hydrogen-bond donors (Lipinski definition) is 2. The van der Waals surface area contributed by atoms with Gasteiger partial charge in [-0.25, -0.2) is 9.97 Å². The Morgan fingerprint density at radius 1 is 1.02 bits per heavy atom. The van der Waals surface area contributed by atoms with Gasteiger partial charge in [0, 0.05) is 51.5 Å². The number of carbonyl (C=O) groups excluding carboxylic acids is 1. The maximum atomic E-state index is 13.7. The molecule has 4 heterocycles. The molecular weight excluding hydrogens is 624 g/mol. The number of anilines is 1. The zero-order valence-electron chi connectivity index (χ0n) is 25.2. The predicted molar refractivity (Wildman–Crippen MR) is 152 cm³/mol. The average Bonchev–Trinajstić information content (AvgIpc) is 3.03. The lowest BCUT2D eigenvalue weighted by Crippen LogP contribution is -2.54. The minimum Gasteiger partial charge on any atom is -0.406 e. The molecule has 254 valence electrons. The SMILES string of the molecule is CO[C@@H]1COCC[C@@H]1NC1CCN(C(=O)c2cc(NC[C@H]3CCC[C@@H](c4ccc(OC(F)(F)F)cc4)O3)nc(C(F)(F)F)n2)CC1. The molecule has 1 aromatic carbocycles. The molecule has 3 aliphatic rings. The van der Waals surface area contributed by atoms with Crippen molar-refractivity contribution in [1.29, 1.82) is 0 Å². The van der Waals surface area contributed by atoms with Gasteiger partial charge < -0.3 is 34.5 Å². The molecule has 3 saturated heterocycles. The van der Waals surface area contributed by atoms with Crippen LogP contribution >= 0.6 is 0 Å². The Kier molecular flexibility index (Phi) is 10.9. The van der Waals surface area contributed by atoms with Crippen LogP contribution in [0.25, 0.3) is 0 Å². The van der Waals surface area contributed by atoms with Crippen LogP contribution in [0.3, 0.4) is 0 Å². The van der Waals surface area contributed by atoms with Crippen molar-refractivity contribution in [3.63, 3.8) is 0 Å². The first-order chi connectivity index (χ1) is 21.9. The van der Waals surface area contributed by atoms with Gasteiger partial charge in [0.15, 0.2) is 0 Å². The molecule has 1 aromatic heterocycles. The fourth-order valence-electron chi connectivity index (χ4n) is 6.02. The Morgan fingerprint density at radius 2 is 1.76 bits per heavy atom. The Morgan fingerprint density at radius 3 is 2.43 bits per heavy atom. The monoisotopic (exact) mass is 661 g/mol. The quantitative estimate of drug-likeness (QED) is 0.355. The van der Waals surface area contributed by atoms with Crippen molar-refractivity contribution in [2.45, 2.75) is 81.5 Å². The van der Waals surface area contributed by atoms with Gasteiger partial charge in [-0.3, -0.25) is 4.79 Å². The smallest absolute Gasteiger partial charge is 0.406 e. The molecule has 1 amide bonds. The Bertz CT molecular complexity index is 1310. The van der Waals surface area contributed by atoms with Gasteiger partial charge in [0.1, 0.15) is 17.3 Å². The van der Waals surface area contributed by atoms with E-state index in [4.69, 9.17) is 14.2 Å². The van der Waals surface area contributed by atoms with E-state index in [1.807, 2.05) is 0 Å². The molecule has 2 N–H and O–H groups in total. The van der Waals surface area contributed by atoms with Crippen LogP contribution in [0, 0.1) is 0 Å². The fourth-order valence-corrected chi connectivity index (χ4v) is 6.02. The summed E-state index contributed by atoms with van der Waals surface area (Å²) in [7, 11) is 1.64. The molecule has 0 spiro atoms. The highest BCUT2D eigenvalue weighted by Gasteiger charge is 2.37. The third-order valence-corrected chi connectivity index (χ3v) is 8.38. The summed E-state index contributed by atoms with van der Waals surface area (Å²) in [6.45, 7) is 1.94. The largest absolute Gasteiger partial charge is 0.573 e. The van der Waals surface area contributed by atoms with Crippen molar-refractivity contribution in [3.8, 4) is 5.75 Å². The number of halogens is 6. The van der Waals surface area contributed by atoms with Crippen molar-refractivity contribution < 1.29 is 50.1 Å². The molecule has 0 bridgehead atoms. The Balaban J connectivity index is 1.19. The Labute approximate surface area is 262 Å². The number of likely N-dealkylation sites (tertiary alicyclic amines) is 1. The van der Waals surface area contributed by atoms with Crippen molar-refractivity contribution >= 4 is 11.7 Å². The number of hydrogen-bond acceptors (Lipinski definition) is 9. The van der Waals surface area contributed by atoms with Crippen LogP contribution < -0.4 is 15.4 Å². The topological polar surface area (TPSA) is 107 Å². The summed E-state index contributed by atoms with van der Waals surface area (Å²) in [6, 6.07) is 6.84. The highest BCUT2D eigenvalue weighted by molar-refractivity contribution is 5.93. The Hall–Kier alpha value is -3.21. The van der Waals surface area contributed by atoms with E-state index in [2.05, 4.69) is 25.3 Å². The maximum absolute atomic E-state index is 13.7. The molecule has 5 rings (SSSR count). The number of amides is 1. The second-order valence-corrected chi connectivity index (χ2v) is 11.6. The number of piperidine rings is 1. The van der Waals surface area contributed by atoms with Gasteiger partial charge in [0.2, 0.25) is 5.82 Å². The number of nitrogens with zero attached hydrogens (tertiary/aromatic N) is 3. The first-order valence-corrected chi connectivity index (χ1v) is 15.2. The van der Waals surface area contributed by atoms with Crippen LogP contribution in [0.2, 0.25) is 0 Å². The second-order valence-electron chi connectivity index (χ2n) is 11.6. The molecule has 46 heavy (non-hydrogen) atoms. The standard InChI is InChI=1S/C30H37F6N5O5/c1-43-25-17-44-14-11-22(25)38-19-9-12-41(13-10-19)27(42)23-15-26(40-28(39-23)29(31,32)33)37-16-21-3-2-4-24(45-21)18-5-7-20(8-6-18)46-30(34,35)36/h5-8,15,19,21-22,24-25,38H,2-4,9-14,16-17H2,1H3,(H,37,39,40)/t21-,22+,24+,25-/m1/s1.